The fourth-order valence-electron chi connectivity index (χ4n) is 2.78. The Kier molecular flexibility index (Phi) is 6.14. The Bertz CT molecular complexity index is 349. The van der Waals surface area contributed by atoms with E-state index in [1.165, 1.54) is 44.3 Å². The lowest BCUT2D eigenvalue weighted by Gasteiger charge is -2.40. The maximum Gasteiger partial charge on any atom is 0.0945 e. The molecule has 0 radical (unpaired) electrons. The molecule has 1 saturated heterocycles. The van der Waals surface area contributed by atoms with Crippen molar-refractivity contribution in [3.63, 3.8) is 0 Å². The van der Waals surface area contributed by atoms with Crippen molar-refractivity contribution in [1.82, 2.24) is 9.55 Å². The fourth-order valence-corrected chi connectivity index (χ4v) is 6.86. The second kappa shape index (κ2) is 7.63. The maximum absolute atomic E-state index is 4.12. The molecule has 4 heteroatoms. The summed E-state index contributed by atoms with van der Waals surface area (Å²) in [7, 11) is 0. The van der Waals surface area contributed by atoms with Crippen LogP contribution in [0, 0.1) is 0 Å². The van der Waals surface area contributed by atoms with Crippen LogP contribution in [0.1, 0.15) is 52.4 Å². The highest BCUT2D eigenvalue weighted by molar-refractivity contribution is 8.19. The second-order valence-corrected chi connectivity index (χ2v) is 8.77. The summed E-state index contributed by atoms with van der Waals surface area (Å²) in [5, 5.41) is 0.890. The highest BCUT2D eigenvalue weighted by atomic mass is 32.2. The minimum atomic E-state index is 0.494. The molecule has 0 aromatic carbocycles. The summed E-state index contributed by atoms with van der Waals surface area (Å²) in [6, 6.07) is 0. The molecule has 2 atom stereocenters. The summed E-state index contributed by atoms with van der Waals surface area (Å²) in [5.41, 5.74) is 0. The number of rotatable bonds is 7. The third kappa shape index (κ3) is 4.45. The minimum Gasteiger partial charge on any atom is -0.337 e. The molecule has 0 aliphatic carbocycles. The first kappa shape index (κ1) is 15.3. The van der Waals surface area contributed by atoms with Crippen molar-refractivity contribution >= 4 is 23.5 Å². The second-order valence-electron chi connectivity index (χ2n) is 5.35. The average molecular weight is 299 g/mol. The zero-order valence-corrected chi connectivity index (χ0v) is 13.8. The molecule has 108 valence electrons. The zero-order chi connectivity index (χ0) is 13.6. The van der Waals surface area contributed by atoms with Crippen LogP contribution in [0.3, 0.4) is 0 Å². The van der Waals surface area contributed by atoms with E-state index in [2.05, 4.69) is 53.1 Å². The van der Waals surface area contributed by atoms with Crippen LogP contribution in [0.15, 0.2) is 18.7 Å². The third-order valence-corrected chi connectivity index (χ3v) is 7.56. The van der Waals surface area contributed by atoms with Crippen LogP contribution in [-0.2, 0) is 6.54 Å². The largest absolute Gasteiger partial charge is 0.337 e. The highest BCUT2D eigenvalue weighted by Gasteiger charge is 2.35. The van der Waals surface area contributed by atoms with Gasteiger partial charge in [-0.15, -0.1) is 23.5 Å². The molecule has 0 spiro atoms. The van der Waals surface area contributed by atoms with E-state index < -0.39 is 0 Å². The molecule has 1 fully saturated rings. The molecular weight excluding hydrogens is 272 g/mol. The monoisotopic (exact) mass is 298 g/mol. The number of aryl methyl sites for hydroxylation is 1. The van der Waals surface area contributed by atoms with E-state index in [0.717, 1.165) is 11.8 Å². The Morgan fingerprint density at radius 3 is 2.95 bits per heavy atom. The zero-order valence-electron chi connectivity index (χ0n) is 12.2. The normalized spacial score (nSPS) is 27.6. The number of hydrogen-bond acceptors (Lipinski definition) is 3. The molecule has 2 heterocycles. The first-order valence-corrected chi connectivity index (χ1v) is 9.42. The molecule has 0 N–H and O–H groups in total. The van der Waals surface area contributed by atoms with Gasteiger partial charge in [-0.1, -0.05) is 20.3 Å². The van der Waals surface area contributed by atoms with Gasteiger partial charge in [0.2, 0.25) is 0 Å². The van der Waals surface area contributed by atoms with Gasteiger partial charge in [-0.3, -0.25) is 0 Å². The van der Waals surface area contributed by atoms with Gasteiger partial charge in [-0.2, -0.15) is 0 Å². The van der Waals surface area contributed by atoms with Crippen LogP contribution in [0.4, 0.5) is 0 Å². The predicted octanol–water partition coefficient (Wildman–Crippen LogP) is 4.81. The molecule has 1 aliphatic heterocycles. The molecule has 19 heavy (non-hydrogen) atoms. The van der Waals surface area contributed by atoms with Gasteiger partial charge in [-0.25, -0.2) is 4.98 Å². The third-order valence-electron chi connectivity index (χ3n) is 3.81. The van der Waals surface area contributed by atoms with Gasteiger partial charge in [0, 0.05) is 24.2 Å². The Morgan fingerprint density at radius 1 is 1.37 bits per heavy atom. The van der Waals surface area contributed by atoms with Gasteiger partial charge in [0.05, 0.1) is 10.4 Å². The van der Waals surface area contributed by atoms with Crippen LogP contribution in [-0.4, -0.2) is 24.6 Å². The summed E-state index contributed by atoms with van der Waals surface area (Å²) in [6.45, 7) is 5.79. The Morgan fingerprint density at radius 2 is 2.26 bits per heavy atom. The molecular formula is C15H26N2S2. The molecule has 0 saturated carbocycles. The van der Waals surface area contributed by atoms with Crippen LogP contribution in [0.5, 0.6) is 0 Å². The van der Waals surface area contributed by atoms with Crippen molar-refractivity contribution in [2.45, 2.75) is 68.2 Å². The van der Waals surface area contributed by atoms with Gasteiger partial charge in [0.15, 0.2) is 0 Å². The molecule has 0 bridgehead atoms. The van der Waals surface area contributed by atoms with Gasteiger partial charge >= 0.3 is 0 Å². The average Bonchev–Trinajstić information content (AvgIpc) is 2.92. The van der Waals surface area contributed by atoms with Crippen LogP contribution in [0.25, 0.3) is 0 Å². The van der Waals surface area contributed by atoms with Crippen LogP contribution in [0.2, 0.25) is 0 Å². The summed E-state index contributed by atoms with van der Waals surface area (Å²) >= 11 is 4.51. The van der Waals surface area contributed by atoms with E-state index in [1.807, 2.05) is 12.5 Å². The SMILES string of the molecule is CCCC1(CCCn2ccnc2)SCCC(CC)S1. The van der Waals surface area contributed by atoms with Crippen molar-refractivity contribution in [2.24, 2.45) is 0 Å². The molecule has 2 rings (SSSR count). The summed E-state index contributed by atoms with van der Waals surface area (Å²) in [4.78, 5) is 4.12. The van der Waals surface area contributed by atoms with Crippen molar-refractivity contribution in [3.05, 3.63) is 18.7 Å². The van der Waals surface area contributed by atoms with Gasteiger partial charge in [-0.05, 0) is 37.9 Å². The number of nitrogens with zero attached hydrogens (tertiary/aromatic N) is 2. The van der Waals surface area contributed by atoms with Crippen LogP contribution >= 0.6 is 23.5 Å². The molecule has 2 nitrogen and oxygen atoms in total. The molecule has 2 unspecified atom stereocenters. The first-order valence-electron chi connectivity index (χ1n) is 7.55. The Hall–Kier alpha value is -0.0900. The van der Waals surface area contributed by atoms with Crippen molar-refractivity contribution < 1.29 is 0 Å². The van der Waals surface area contributed by atoms with Gasteiger partial charge < -0.3 is 4.57 Å². The standard InChI is InChI=1S/C15H26N2S2/c1-3-7-15(18-12-6-14(4-2)19-15)8-5-10-17-11-9-16-13-17/h9,11,13-14H,3-8,10,12H2,1-2H3. The summed E-state index contributed by atoms with van der Waals surface area (Å²) < 4.78 is 2.70. The van der Waals surface area contributed by atoms with Crippen LogP contribution < -0.4 is 0 Å². The summed E-state index contributed by atoms with van der Waals surface area (Å²) in [5.74, 6) is 1.36. The first-order chi connectivity index (χ1) is 9.28. The highest BCUT2D eigenvalue weighted by Crippen LogP contribution is 2.52. The van der Waals surface area contributed by atoms with E-state index in [9.17, 15) is 0 Å². The fraction of sp³-hybridized carbons (Fsp3) is 0.800. The molecule has 1 aromatic heterocycles. The van der Waals surface area contributed by atoms with E-state index in [1.54, 1.807) is 0 Å². The lowest BCUT2D eigenvalue weighted by atomic mass is 10.1. The van der Waals surface area contributed by atoms with Crippen molar-refractivity contribution in [1.29, 1.82) is 0 Å². The maximum atomic E-state index is 4.12. The smallest absolute Gasteiger partial charge is 0.0945 e. The minimum absolute atomic E-state index is 0.494. The van der Waals surface area contributed by atoms with Crippen molar-refractivity contribution in [2.75, 3.05) is 5.75 Å². The topological polar surface area (TPSA) is 17.8 Å². The molecule has 0 amide bonds. The Labute approximate surface area is 126 Å². The van der Waals surface area contributed by atoms with E-state index in [0.29, 0.717) is 4.08 Å². The number of imidazole rings is 1. The van der Waals surface area contributed by atoms with E-state index in [-0.39, 0.29) is 0 Å². The molecule has 1 aromatic rings. The number of hydrogen-bond donors (Lipinski definition) is 0. The Balaban J connectivity index is 1.87. The quantitative estimate of drug-likeness (QED) is 0.719. The lowest BCUT2D eigenvalue weighted by molar-refractivity contribution is 0.550. The summed E-state index contributed by atoms with van der Waals surface area (Å²) in [6.07, 6.45) is 13.9. The lowest BCUT2D eigenvalue weighted by Crippen LogP contribution is -2.29. The van der Waals surface area contributed by atoms with E-state index in [4.69, 9.17) is 0 Å². The number of aromatic nitrogens is 2. The number of thioether (sulfide) groups is 2. The van der Waals surface area contributed by atoms with E-state index >= 15 is 0 Å². The van der Waals surface area contributed by atoms with Gasteiger partial charge in [0.25, 0.3) is 0 Å². The van der Waals surface area contributed by atoms with Gasteiger partial charge in [0.1, 0.15) is 0 Å². The predicted molar refractivity (Wildman–Crippen MR) is 87.8 cm³/mol. The van der Waals surface area contributed by atoms with Crippen molar-refractivity contribution in [3.8, 4) is 0 Å². The molecule has 1 aliphatic rings.